The van der Waals surface area contributed by atoms with Crippen molar-refractivity contribution in [3.05, 3.63) is 28.8 Å². The zero-order chi connectivity index (χ0) is 16.7. The highest BCUT2D eigenvalue weighted by Crippen LogP contribution is 2.28. The Labute approximate surface area is 132 Å². The second-order valence-corrected chi connectivity index (χ2v) is 5.25. The average Bonchev–Trinajstić information content (AvgIpc) is 2.49. The van der Waals surface area contributed by atoms with Crippen LogP contribution in [0.2, 0.25) is 0 Å². The fourth-order valence-corrected chi connectivity index (χ4v) is 2.43. The first-order valence-corrected chi connectivity index (χ1v) is 7.99. The van der Waals surface area contributed by atoms with E-state index >= 15 is 0 Å². The Balaban J connectivity index is 3.07. The number of benzene rings is 1. The van der Waals surface area contributed by atoms with Crippen molar-refractivity contribution in [3.63, 3.8) is 0 Å². The number of hydrogen-bond acceptors (Lipinski definition) is 4. The molecule has 1 unspecified atom stereocenters. The third kappa shape index (κ3) is 4.33. The summed E-state index contributed by atoms with van der Waals surface area (Å²) in [5.41, 5.74) is 3.12. The standard InChI is InChI=1S/C18H26O4/c1-6-13-10-12(5)11-14(7-2)16(13)22-18(20)15(8-3)17(19)21-9-4/h10-11,15H,6-9H2,1-5H3. The van der Waals surface area contributed by atoms with E-state index in [9.17, 15) is 9.59 Å². The van der Waals surface area contributed by atoms with Crippen molar-refractivity contribution in [3.8, 4) is 5.75 Å². The topological polar surface area (TPSA) is 52.6 Å². The third-order valence-corrected chi connectivity index (χ3v) is 3.62. The predicted octanol–water partition coefficient (Wildman–Crippen LogP) is 3.61. The van der Waals surface area contributed by atoms with E-state index in [2.05, 4.69) is 0 Å². The van der Waals surface area contributed by atoms with E-state index in [0.29, 0.717) is 12.2 Å². The van der Waals surface area contributed by atoms with Crippen LogP contribution in [0.1, 0.15) is 50.8 Å². The minimum Gasteiger partial charge on any atom is -0.465 e. The van der Waals surface area contributed by atoms with Crippen LogP contribution in [0.4, 0.5) is 0 Å². The van der Waals surface area contributed by atoms with E-state index in [1.54, 1.807) is 13.8 Å². The Morgan fingerprint density at radius 3 is 1.95 bits per heavy atom. The second-order valence-electron chi connectivity index (χ2n) is 5.25. The first kappa shape index (κ1) is 18.2. The molecule has 0 amide bonds. The summed E-state index contributed by atoms with van der Waals surface area (Å²) in [7, 11) is 0. The van der Waals surface area contributed by atoms with Crippen LogP contribution >= 0.6 is 0 Å². The molecule has 122 valence electrons. The molecule has 0 bridgehead atoms. The Morgan fingerprint density at radius 1 is 1.00 bits per heavy atom. The van der Waals surface area contributed by atoms with Gasteiger partial charge in [-0.1, -0.05) is 38.5 Å². The molecule has 0 aliphatic carbocycles. The zero-order valence-corrected chi connectivity index (χ0v) is 14.2. The molecule has 0 N–H and O–H groups in total. The molecule has 1 aromatic rings. The van der Waals surface area contributed by atoms with Gasteiger partial charge in [0.1, 0.15) is 5.75 Å². The molecule has 0 spiro atoms. The molecule has 0 saturated carbocycles. The van der Waals surface area contributed by atoms with Crippen molar-refractivity contribution in [2.45, 2.75) is 53.9 Å². The van der Waals surface area contributed by atoms with Crippen LogP contribution in [0.25, 0.3) is 0 Å². The number of carbonyl (C=O) groups is 2. The number of rotatable bonds is 7. The van der Waals surface area contributed by atoms with Crippen molar-refractivity contribution in [2.75, 3.05) is 6.61 Å². The molecule has 0 saturated heterocycles. The maximum absolute atomic E-state index is 12.4. The van der Waals surface area contributed by atoms with Gasteiger partial charge in [-0.25, -0.2) is 0 Å². The lowest BCUT2D eigenvalue weighted by atomic mass is 10.0. The quantitative estimate of drug-likeness (QED) is 0.438. The van der Waals surface area contributed by atoms with Crippen LogP contribution in [-0.2, 0) is 27.2 Å². The van der Waals surface area contributed by atoms with Crippen LogP contribution in [0, 0.1) is 12.8 Å². The lowest BCUT2D eigenvalue weighted by Gasteiger charge is -2.17. The van der Waals surface area contributed by atoms with Gasteiger partial charge in [-0.15, -0.1) is 0 Å². The molecule has 4 nitrogen and oxygen atoms in total. The molecule has 0 aliphatic heterocycles. The molecule has 22 heavy (non-hydrogen) atoms. The summed E-state index contributed by atoms with van der Waals surface area (Å²) < 4.78 is 10.5. The molecule has 0 aromatic heterocycles. The maximum Gasteiger partial charge on any atom is 0.325 e. The second kappa shape index (κ2) is 8.57. The van der Waals surface area contributed by atoms with Crippen molar-refractivity contribution in [2.24, 2.45) is 5.92 Å². The third-order valence-electron chi connectivity index (χ3n) is 3.62. The molecule has 0 heterocycles. The highest BCUT2D eigenvalue weighted by Gasteiger charge is 2.29. The minimum atomic E-state index is -0.865. The van der Waals surface area contributed by atoms with Crippen LogP contribution in [0.5, 0.6) is 5.75 Å². The van der Waals surface area contributed by atoms with Gasteiger partial charge in [0.15, 0.2) is 5.92 Å². The highest BCUT2D eigenvalue weighted by atomic mass is 16.6. The number of hydrogen-bond donors (Lipinski definition) is 0. The van der Waals surface area contributed by atoms with Crippen molar-refractivity contribution in [1.29, 1.82) is 0 Å². The summed E-state index contributed by atoms with van der Waals surface area (Å²) in [4.78, 5) is 24.2. The summed E-state index contributed by atoms with van der Waals surface area (Å²) in [5, 5.41) is 0. The summed E-state index contributed by atoms with van der Waals surface area (Å²) >= 11 is 0. The van der Waals surface area contributed by atoms with Crippen LogP contribution in [0.15, 0.2) is 12.1 Å². The van der Waals surface area contributed by atoms with Gasteiger partial charge < -0.3 is 9.47 Å². The van der Waals surface area contributed by atoms with Crippen LogP contribution in [0.3, 0.4) is 0 Å². The fourth-order valence-electron chi connectivity index (χ4n) is 2.43. The molecule has 1 atom stereocenters. The summed E-state index contributed by atoms with van der Waals surface area (Å²) in [5.74, 6) is -1.31. The summed E-state index contributed by atoms with van der Waals surface area (Å²) in [6, 6.07) is 4.04. The number of esters is 2. The van der Waals surface area contributed by atoms with Crippen molar-refractivity contribution < 1.29 is 19.1 Å². The van der Waals surface area contributed by atoms with Gasteiger partial charge in [-0.2, -0.15) is 0 Å². The van der Waals surface area contributed by atoms with Crippen molar-refractivity contribution >= 4 is 11.9 Å². The Bertz CT molecular complexity index is 509. The zero-order valence-electron chi connectivity index (χ0n) is 14.2. The Kier molecular flexibility index (Phi) is 7.09. The van der Waals surface area contributed by atoms with E-state index in [0.717, 1.165) is 29.5 Å². The number of ether oxygens (including phenoxy) is 2. The lowest BCUT2D eigenvalue weighted by molar-refractivity contribution is -0.157. The molecular weight excluding hydrogens is 280 g/mol. The summed E-state index contributed by atoms with van der Waals surface area (Å²) in [6.45, 7) is 9.83. The largest absolute Gasteiger partial charge is 0.465 e. The molecule has 1 rings (SSSR count). The summed E-state index contributed by atoms with van der Waals surface area (Å²) in [6.07, 6.45) is 1.91. The molecule has 1 aromatic carbocycles. The van der Waals surface area contributed by atoms with E-state index in [-0.39, 0.29) is 6.61 Å². The first-order valence-electron chi connectivity index (χ1n) is 7.99. The van der Waals surface area contributed by atoms with E-state index in [1.807, 2.05) is 32.9 Å². The van der Waals surface area contributed by atoms with Gasteiger partial charge in [-0.3, -0.25) is 9.59 Å². The van der Waals surface area contributed by atoms with Gasteiger partial charge in [0.25, 0.3) is 0 Å². The molecule has 0 radical (unpaired) electrons. The molecule has 0 fully saturated rings. The van der Waals surface area contributed by atoms with Gasteiger partial charge in [0, 0.05) is 0 Å². The molecule has 0 aliphatic rings. The van der Waals surface area contributed by atoms with Gasteiger partial charge >= 0.3 is 11.9 Å². The Morgan fingerprint density at radius 2 is 1.55 bits per heavy atom. The number of aryl methyl sites for hydroxylation is 3. The van der Waals surface area contributed by atoms with E-state index < -0.39 is 17.9 Å². The first-order chi connectivity index (χ1) is 10.5. The number of carbonyl (C=O) groups excluding carboxylic acids is 2. The van der Waals surface area contributed by atoms with Gasteiger partial charge in [-0.05, 0) is 44.2 Å². The average molecular weight is 306 g/mol. The normalized spacial score (nSPS) is 11.9. The predicted molar refractivity (Wildman–Crippen MR) is 86.0 cm³/mol. The van der Waals surface area contributed by atoms with Crippen LogP contribution < -0.4 is 4.74 Å². The molecule has 4 heteroatoms. The van der Waals surface area contributed by atoms with E-state index in [1.165, 1.54) is 0 Å². The van der Waals surface area contributed by atoms with Gasteiger partial charge in [0.2, 0.25) is 0 Å². The van der Waals surface area contributed by atoms with E-state index in [4.69, 9.17) is 9.47 Å². The Hall–Kier alpha value is -1.84. The lowest BCUT2D eigenvalue weighted by Crippen LogP contribution is -2.29. The monoisotopic (exact) mass is 306 g/mol. The van der Waals surface area contributed by atoms with Gasteiger partial charge in [0.05, 0.1) is 6.61 Å². The SMILES string of the molecule is CCOC(=O)C(CC)C(=O)Oc1c(CC)cc(C)cc1CC. The molecular formula is C18H26O4. The highest BCUT2D eigenvalue weighted by molar-refractivity contribution is 5.95. The fraction of sp³-hybridized carbons (Fsp3) is 0.556. The van der Waals surface area contributed by atoms with Crippen molar-refractivity contribution in [1.82, 2.24) is 0 Å². The maximum atomic E-state index is 12.4. The minimum absolute atomic E-state index is 0.258. The smallest absolute Gasteiger partial charge is 0.325 e. The van der Waals surface area contributed by atoms with Crippen LogP contribution in [-0.4, -0.2) is 18.5 Å².